The molecule has 1 aliphatic heterocycles. The molecule has 2 fully saturated rings. The van der Waals surface area contributed by atoms with Crippen molar-refractivity contribution in [1.82, 2.24) is 4.90 Å². The minimum atomic E-state index is 0.0103. The lowest BCUT2D eigenvalue weighted by atomic mass is 9.77. The van der Waals surface area contributed by atoms with Gasteiger partial charge >= 0.3 is 0 Å². The highest BCUT2D eigenvalue weighted by Crippen LogP contribution is 2.37. The quantitative estimate of drug-likeness (QED) is 0.649. The van der Waals surface area contributed by atoms with Crippen molar-refractivity contribution in [2.24, 2.45) is 17.8 Å². The zero-order valence-corrected chi connectivity index (χ0v) is 16.3. The van der Waals surface area contributed by atoms with Gasteiger partial charge in [-0.25, -0.2) is 0 Å². The fraction of sp³-hybridized carbons (Fsp3) is 1.00. The Bertz CT molecular complexity index is 346. The molecule has 0 amide bonds. The van der Waals surface area contributed by atoms with Crippen LogP contribution in [0.5, 0.6) is 0 Å². The maximum Gasteiger partial charge on any atom is 0.0602 e. The van der Waals surface area contributed by atoms with Gasteiger partial charge < -0.3 is 14.4 Å². The van der Waals surface area contributed by atoms with Gasteiger partial charge in [0.25, 0.3) is 0 Å². The van der Waals surface area contributed by atoms with E-state index in [1.165, 1.54) is 38.8 Å². The van der Waals surface area contributed by atoms with Crippen LogP contribution in [0.25, 0.3) is 0 Å². The largest absolute Gasteiger partial charge is 0.382 e. The molecule has 23 heavy (non-hydrogen) atoms. The summed E-state index contributed by atoms with van der Waals surface area (Å²) in [4.78, 5) is 2.74. The Morgan fingerprint density at radius 1 is 1.13 bits per heavy atom. The first-order chi connectivity index (χ1) is 10.8. The molecule has 1 saturated carbocycles. The summed E-state index contributed by atoms with van der Waals surface area (Å²) < 4.78 is 11.6. The van der Waals surface area contributed by atoms with E-state index in [1.54, 1.807) is 0 Å². The predicted octanol–water partition coefficient (Wildman–Crippen LogP) is 4.35. The lowest BCUT2D eigenvalue weighted by Gasteiger charge is -2.47. The number of piperidine rings is 1. The summed E-state index contributed by atoms with van der Waals surface area (Å²) in [5.41, 5.74) is 0.0103. The molecule has 1 heterocycles. The number of ether oxygens (including phenoxy) is 2. The second kappa shape index (κ2) is 8.31. The highest BCUT2D eigenvalue weighted by Gasteiger charge is 2.37. The SMILES string of the molecule is CCOCCC1CCN(CC2CC(OC(C)(C)C)C2)[C@H](C)[C@@H]1C. The van der Waals surface area contributed by atoms with E-state index in [9.17, 15) is 0 Å². The van der Waals surface area contributed by atoms with E-state index < -0.39 is 0 Å². The van der Waals surface area contributed by atoms with E-state index in [0.29, 0.717) is 12.1 Å². The normalized spacial score (nSPS) is 36.0. The fourth-order valence-corrected chi connectivity index (χ4v) is 4.32. The summed E-state index contributed by atoms with van der Waals surface area (Å²) in [6.45, 7) is 17.8. The van der Waals surface area contributed by atoms with Crippen LogP contribution in [0.2, 0.25) is 0 Å². The van der Waals surface area contributed by atoms with E-state index in [1.807, 2.05) is 0 Å². The second-order valence-electron chi connectivity index (χ2n) is 8.82. The summed E-state index contributed by atoms with van der Waals surface area (Å²) in [6, 6.07) is 0.706. The molecule has 2 rings (SSSR count). The maximum absolute atomic E-state index is 6.08. The third-order valence-corrected chi connectivity index (χ3v) is 5.91. The minimum Gasteiger partial charge on any atom is -0.382 e. The van der Waals surface area contributed by atoms with Crippen LogP contribution in [-0.4, -0.2) is 49.0 Å². The molecule has 0 aromatic rings. The van der Waals surface area contributed by atoms with Crippen molar-refractivity contribution in [1.29, 1.82) is 0 Å². The van der Waals surface area contributed by atoms with Gasteiger partial charge in [0.15, 0.2) is 0 Å². The molecule has 1 saturated heterocycles. The molecule has 3 nitrogen and oxygen atoms in total. The Kier molecular flexibility index (Phi) is 6.94. The Balaban J connectivity index is 1.70. The van der Waals surface area contributed by atoms with Crippen molar-refractivity contribution in [3.8, 4) is 0 Å². The standard InChI is InChI=1S/C20H39NO2/c1-7-22-11-9-18-8-10-21(16(3)15(18)2)14-17-12-19(13-17)23-20(4,5)6/h15-19H,7-14H2,1-6H3/t15-,16+,17?,18?,19?/m0/s1. The molecular formula is C20H39NO2. The first-order valence-corrected chi connectivity index (χ1v) is 9.79. The topological polar surface area (TPSA) is 21.7 Å². The molecule has 0 spiro atoms. The first-order valence-electron chi connectivity index (χ1n) is 9.79. The van der Waals surface area contributed by atoms with Crippen LogP contribution >= 0.6 is 0 Å². The van der Waals surface area contributed by atoms with Gasteiger partial charge in [0.2, 0.25) is 0 Å². The first kappa shape index (κ1) is 19.2. The Morgan fingerprint density at radius 2 is 1.83 bits per heavy atom. The smallest absolute Gasteiger partial charge is 0.0602 e. The van der Waals surface area contributed by atoms with Crippen LogP contribution in [0, 0.1) is 17.8 Å². The summed E-state index contributed by atoms with van der Waals surface area (Å²) in [6.07, 6.45) is 5.58. The van der Waals surface area contributed by atoms with Crippen molar-refractivity contribution in [2.75, 3.05) is 26.3 Å². The van der Waals surface area contributed by atoms with Gasteiger partial charge in [-0.05, 0) is 84.6 Å². The third kappa shape index (κ3) is 5.72. The van der Waals surface area contributed by atoms with Crippen LogP contribution in [0.15, 0.2) is 0 Å². The molecule has 0 bridgehead atoms. The molecule has 136 valence electrons. The van der Waals surface area contributed by atoms with E-state index >= 15 is 0 Å². The van der Waals surface area contributed by atoms with E-state index in [0.717, 1.165) is 31.0 Å². The van der Waals surface area contributed by atoms with Gasteiger partial charge in [-0.15, -0.1) is 0 Å². The molecule has 3 atom stereocenters. The molecule has 2 aliphatic rings. The maximum atomic E-state index is 6.08. The van der Waals surface area contributed by atoms with Crippen LogP contribution in [-0.2, 0) is 9.47 Å². The number of hydrogen-bond acceptors (Lipinski definition) is 3. The molecule has 0 N–H and O–H groups in total. The van der Waals surface area contributed by atoms with Crippen LogP contribution in [0.1, 0.15) is 67.2 Å². The monoisotopic (exact) mass is 325 g/mol. The second-order valence-corrected chi connectivity index (χ2v) is 8.82. The van der Waals surface area contributed by atoms with Gasteiger partial charge in [-0.2, -0.15) is 0 Å². The molecule has 0 radical (unpaired) electrons. The van der Waals surface area contributed by atoms with Crippen molar-refractivity contribution in [3.63, 3.8) is 0 Å². The van der Waals surface area contributed by atoms with Crippen LogP contribution < -0.4 is 0 Å². The van der Waals surface area contributed by atoms with Crippen molar-refractivity contribution in [3.05, 3.63) is 0 Å². The Hall–Kier alpha value is -0.120. The van der Waals surface area contributed by atoms with Gasteiger partial charge in [-0.3, -0.25) is 0 Å². The van der Waals surface area contributed by atoms with Gasteiger partial charge in [0.1, 0.15) is 0 Å². The molecule has 0 aromatic carbocycles. The van der Waals surface area contributed by atoms with Crippen LogP contribution in [0.4, 0.5) is 0 Å². The predicted molar refractivity (Wildman–Crippen MR) is 96.8 cm³/mol. The minimum absolute atomic E-state index is 0.0103. The number of nitrogens with zero attached hydrogens (tertiary/aromatic N) is 1. The van der Waals surface area contributed by atoms with Gasteiger partial charge in [-0.1, -0.05) is 6.92 Å². The van der Waals surface area contributed by atoms with Gasteiger partial charge in [0.05, 0.1) is 11.7 Å². The van der Waals surface area contributed by atoms with E-state index in [4.69, 9.17) is 9.47 Å². The van der Waals surface area contributed by atoms with Crippen molar-refractivity contribution >= 4 is 0 Å². The van der Waals surface area contributed by atoms with Crippen molar-refractivity contribution in [2.45, 2.75) is 85.0 Å². The van der Waals surface area contributed by atoms with E-state index in [2.05, 4.69) is 46.4 Å². The molecule has 0 aromatic heterocycles. The molecular weight excluding hydrogens is 286 g/mol. The fourth-order valence-electron chi connectivity index (χ4n) is 4.32. The number of likely N-dealkylation sites (tertiary alicyclic amines) is 1. The summed E-state index contributed by atoms with van der Waals surface area (Å²) in [5, 5.41) is 0. The molecule has 1 unspecified atom stereocenters. The lowest BCUT2D eigenvalue weighted by Crippen LogP contribution is -2.51. The summed E-state index contributed by atoms with van der Waals surface area (Å²) in [7, 11) is 0. The molecule has 1 aliphatic carbocycles. The average molecular weight is 326 g/mol. The van der Waals surface area contributed by atoms with Crippen molar-refractivity contribution < 1.29 is 9.47 Å². The average Bonchev–Trinajstić information content (AvgIpc) is 2.42. The highest BCUT2D eigenvalue weighted by molar-refractivity contribution is 4.90. The Labute approximate surface area is 144 Å². The number of rotatable bonds is 7. The van der Waals surface area contributed by atoms with Gasteiger partial charge in [0, 0.05) is 25.8 Å². The zero-order chi connectivity index (χ0) is 17.0. The highest BCUT2D eigenvalue weighted by atomic mass is 16.5. The van der Waals surface area contributed by atoms with E-state index in [-0.39, 0.29) is 5.60 Å². The van der Waals surface area contributed by atoms with Crippen LogP contribution in [0.3, 0.4) is 0 Å². The third-order valence-electron chi connectivity index (χ3n) is 5.91. The molecule has 3 heteroatoms. The number of hydrogen-bond donors (Lipinski definition) is 0. The zero-order valence-electron chi connectivity index (χ0n) is 16.3. The summed E-state index contributed by atoms with van der Waals surface area (Å²) in [5.74, 6) is 2.47. The Morgan fingerprint density at radius 3 is 2.43 bits per heavy atom. The lowest BCUT2D eigenvalue weighted by molar-refractivity contribution is -0.118. The summed E-state index contributed by atoms with van der Waals surface area (Å²) >= 11 is 0.